The molecule has 0 saturated carbocycles. The maximum Gasteiger partial charge on any atom is 2.00 e. The van der Waals surface area contributed by atoms with Crippen molar-refractivity contribution in [3.05, 3.63) is 0 Å². The predicted molar refractivity (Wildman–Crippen MR) is 53.7 cm³/mol. The zero-order valence-corrected chi connectivity index (χ0v) is 12.8. The van der Waals surface area contributed by atoms with Gasteiger partial charge in [-0.25, -0.2) is 0 Å². The molecule has 0 fully saturated rings. The SMILES string of the molecule is N.N.O=C(CO)[C@@H](O)[C@H](O)[C@H](O)COP(=O)([O-])[O-].[Pt+2]. The third kappa shape index (κ3) is 11.7. The van der Waals surface area contributed by atoms with Crippen molar-refractivity contribution in [3.8, 4) is 0 Å². The number of Topliss-reactive ketones (excluding diaryl/α,β-unsaturated/α-hetero) is 1. The second-order valence-corrected chi connectivity index (χ2v) is 4.02. The van der Waals surface area contributed by atoms with E-state index in [4.69, 9.17) is 20.4 Å². The smallest absolute Gasteiger partial charge is 0.790 e. The Labute approximate surface area is 123 Å². The van der Waals surface area contributed by atoms with E-state index in [1.54, 1.807) is 0 Å². The number of aliphatic hydroxyl groups excluding tert-OH is 4. The van der Waals surface area contributed by atoms with Crippen molar-refractivity contribution in [2.75, 3.05) is 13.2 Å². The molecule has 11 nitrogen and oxygen atoms in total. The van der Waals surface area contributed by atoms with Crippen LogP contribution in [-0.4, -0.2) is 57.7 Å². The minimum Gasteiger partial charge on any atom is -0.790 e. The van der Waals surface area contributed by atoms with E-state index < -0.39 is 45.1 Å². The molecule has 0 aromatic heterocycles. The van der Waals surface area contributed by atoms with Gasteiger partial charge in [0.25, 0.3) is 0 Å². The summed E-state index contributed by atoms with van der Waals surface area (Å²) >= 11 is 0. The van der Waals surface area contributed by atoms with Gasteiger partial charge in [-0.05, 0) is 0 Å². The first-order valence-electron chi connectivity index (χ1n) is 4.03. The summed E-state index contributed by atoms with van der Waals surface area (Å²) in [5.41, 5.74) is 0. The van der Waals surface area contributed by atoms with Gasteiger partial charge in [-0.2, -0.15) is 0 Å². The second kappa shape index (κ2) is 12.0. The molecule has 0 heterocycles. The van der Waals surface area contributed by atoms with Gasteiger partial charge in [0.2, 0.25) is 0 Å². The number of hydrogen-bond acceptors (Lipinski definition) is 11. The van der Waals surface area contributed by atoms with Crippen molar-refractivity contribution in [1.29, 1.82) is 0 Å². The van der Waals surface area contributed by atoms with Gasteiger partial charge in [0.05, 0.1) is 14.4 Å². The quantitative estimate of drug-likeness (QED) is 0.188. The Bertz CT molecular complexity index is 288. The molecule has 13 heteroatoms. The molecule has 0 aromatic carbocycles. The first-order chi connectivity index (χ1) is 7.19. The molecule has 0 saturated heterocycles. The predicted octanol–water partition coefficient (Wildman–Crippen LogP) is -4.20. The summed E-state index contributed by atoms with van der Waals surface area (Å²) in [6, 6.07) is 0. The zero-order valence-electron chi connectivity index (χ0n) is 9.65. The number of carbonyl (C=O) groups is 1. The van der Waals surface area contributed by atoms with E-state index in [0.717, 1.165) is 0 Å². The van der Waals surface area contributed by atoms with Crippen molar-refractivity contribution in [1.82, 2.24) is 12.3 Å². The van der Waals surface area contributed by atoms with Crippen molar-refractivity contribution in [3.63, 3.8) is 0 Å². The van der Waals surface area contributed by atoms with Gasteiger partial charge in [0.1, 0.15) is 24.9 Å². The van der Waals surface area contributed by atoms with Crippen molar-refractivity contribution >= 4 is 13.6 Å². The molecule has 0 aliphatic carbocycles. The Morgan fingerprint density at radius 3 is 1.95 bits per heavy atom. The largest absolute Gasteiger partial charge is 2.00 e. The van der Waals surface area contributed by atoms with Crippen LogP contribution in [0, 0.1) is 0 Å². The molecule has 10 N–H and O–H groups in total. The first-order valence-corrected chi connectivity index (χ1v) is 5.49. The Balaban J connectivity index is -0.000000375. The van der Waals surface area contributed by atoms with Gasteiger partial charge in [-0.1, -0.05) is 0 Å². The molecule has 19 heavy (non-hydrogen) atoms. The van der Waals surface area contributed by atoms with Crippen LogP contribution in [0.4, 0.5) is 0 Å². The van der Waals surface area contributed by atoms with Crippen LogP contribution in [0.25, 0.3) is 0 Å². The molecule has 3 atom stereocenters. The Kier molecular flexibility index (Phi) is 17.4. The summed E-state index contributed by atoms with van der Waals surface area (Å²) in [6.07, 6.45) is -6.12. The number of rotatable bonds is 7. The molecular weight excluding hydrogens is 470 g/mol. The maximum atomic E-state index is 10.7. The van der Waals surface area contributed by atoms with Crippen LogP contribution in [0.1, 0.15) is 0 Å². The maximum absolute atomic E-state index is 10.7. The third-order valence-corrected chi connectivity index (χ3v) is 2.07. The average Bonchev–Trinajstić information content (AvgIpc) is 2.21. The van der Waals surface area contributed by atoms with Crippen LogP contribution in [0.15, 0.2) is 0 Å². The number of phosphoric acid groups is 1. The normalized spacial score (nSPS) is 15.1. The number of phosphoric ester groups is 1. The van der Waals surface area contributed by atoms with Gasteiger partial charge in [0, 0.05) is 0 Å². The van der Waals surface area contributed by atoms with E-state index in [1.807, 2.05) is 0 Å². The monoisotopic (exact) mass is 487 g/mol. The Morgan fingerprint density at radius 1 is 1.21 bits per heavy atom. The summed E-state index contributed by atoms with van der Waals surface area (Å²) in [5, 5.41) is 35.4. The fourth-order valence-corrected chi connectivity index (χ4v) is 1.10. The summed E-state index contributed by atoms with van der Waals surface area (Å²) in [5.74, 6) is -1.17. The van der Waals surface area contributed by atoms with Gasteiger partial charge in [-0.15, -0.1) is 0 Å². The van der Waals surface area contributed by atoms with Crippen molar-refractivity contribution in [2.24, 2.45) is 0 Å². The molecule has 120 valence electrons. The standard InChI is InChI=1S/C6H13O9P.2H3N.Pt/c7-1-3(8)5(10)6(11)4(9)2-15-16(12,13)14;;;/h4-7,9-11H,1-2H2,(H2,12,13,14);2*1H3;/q;;;+2/p-2/t4-,5-,6-;;;/m1.../s1. The Hall–Kier alpha value is 0.228. The molecule has 0 rings (SSSR count). The van der Waals surface area contributed by atoms with Crippen LogP contribution in [0.3, 0.4) is 0 Å². The fourth-order valence-electron chi connectivity index (χ4n) is 0.761. The van der Waals surface area contributed by atoms with Gasteiger partial charge in [-0.3, -0.25) is 4.79 Å². The number of hydrogen-bond donors (Lipinski definition) is 6. The van der Waals surface area contributed by atoms with E-state index in [0.29, 0.717) is 0 Å². The topological polar surface area (TPSA) is 240 Å². The summed E-state index contributed by atoms with van der Waals surface area (Å²) in [6.45, 7) is -2.16. The molecule has 0 bridgehead atoms. The summed E-state index contributed by atoms with van der Waals surface area (Å²) in [7, 11) is -5.31. The summed E-state index contributed by atoms with van der Waals surface area (Å²) < 4.78 is 13.6. The van der Waals surface area contributed by atoms with E-state index in [1.165, 1.54) is 0 Å². The number of ketones is 1. The van der Waals surface area contributed by atoms with Gasteiger partial charge < -0.3 is 51.6 Å². The van der Waals surface area contributed by atoms with Crippen LogP contribution >= 0.6 is 7.82 Å². The van der Waals surface area contributed by atoms with Crippen LogP contribution in [-0.2, 0) is 34.9 Å². The molecule has 0 spiro atoms. The molecule has 0 aromatic rings. The van der Waals surface area contributed by atoms with Gasteiger partial charge >= 0.3 is 21.1 Å². The molecule has 0 aliphatic heterocycles. The van der Waals surface area contributed by atoms with Crippen molar-refractivity contribution in [2.45, 2.75) is 18.3 Å². The van der Waals surface area contributed by atoms with Crippen LogP contribution in [0.2, 0.25) is 0 Å². The van der Waals surface area contributed by atoms with Gasteiger partial charge in [0.15, 0.2) is 5.78 Å². The zero-order chi connectivity index (χ0) is 12.9. The minimum absolute atomic E-state index is 0. The van der Waals surface area contributed by atoms with E-state index in [2.05, 4.69) is 4.52 Å². The molecular formula is C6H17N2O9PPt. The molecule has 0 amide bonds. The molecule has 0 radical (unpaired) electrons. The van der Waals surface area contributed by atoms with E-state index >= 15 is 0 Å². The molecule has 0 unspecified atom stereocenters. The average molecular weight is 487 g/mol. The van der Waals surface area contributed by atoms with E-state index in [-0.39, 0.29) is 33.4 Å². The first kappa shape index (κ1) is 27.6. The summed E-state index contributed by atoms with van der Waals surface area (Å²) in [4.78, 5) is 30.7. The second-order valence-electron chi connectivity index (χ2n) is 2.87. The van der Waals surface area contributed by atoms with Crippen LogP contribution in [0.5, 0.6) is 0 Å². The number of carbonyl (C=O) groups excluding carboxylic acids is 1. The fraction of sp³-hybridized carbons (Fsp3) is 0.833. The molecule has 0 aliphatic rings. The Morgan fingerprint density at radius 2 is 1.63 bits per heavy atom. The van der Waals surface area contributed by atoms with E-state index in [9.17, 15) is 19.1 Å². The van der Waals surface area contributed by atoms with Crippen LogP contribution < -0.4 is 22.1 Å². The minimum atomic E-state index is -5.31. The number of aliphatic hydroxyl groups is 4. The third-order valence-electron chi connectivity index (χ3n) is 1.61. The van der Waals surface area contributed by atoms with Crippen molar-refractivity contribution < 1.29 is 65.2 Å².